The number of rotatable bonds is 5. The Labute approximate surface area is 117 Å². The zero-order valence-corrected chi connectivity index (χ0v) is 11.5. The van der Waals surface area contributed by atoms with Crippen molar-refractivity contribution in [2.45, 2.75) is 13.8 Å². The first-order valence-corrected chi connectivity index (χ1v) is 6.33. The van der Waals surface area contributed by atoms with Gasteiger partial charge in [0, 0.05) is 17.3 Å². The van der Waals surface area contributed by atoms with Crippen LogP contribution in [0.5, 0.6) is 17.4 Å². The predicted molar refractivity (Wildman–Crippen MR) is 77.7 cm³/mol. The maximum absolute atomic E-state index is 7.49. The molecule has 2 aromatic rings. The molecule has 0 unspecified atom stereocenters. The summed E-state index contributed by atoms with van der Waals surface area (Å²) in [6, 6.07) is 10.8. The summed E-state index contributed by atoms with van der Waals surface area (Å²) in [7, 11) is 0. The molecule has 0 spiro atoms. The average Bonchev–Trinajstić information content (AvgIpc) is 2.40. The van der Waals surface area contributed by atoms with Gasteiger partial charge in [-0.15, -0.1) is 0 Å². The Morgan fingerprint density at radius 1 is 1.25 bits per heavy atom. The number of hydrogen-bond acceptors (Lipinski definition) is 4. The molecule has 0 radical (unpaired) electrons. The molecule has 0 aliphatic heterocycles. The highest BCUT2D eigenvalue weighted by Gasteiger charge is 2.08. The quantitative estimate of drug-likeness (QED) is 0.647. The van der Waals surface area contributed by atoms with Crippen molar-refractivity contribution in [3.05, 3.63) is 47.7 Å². The van der Waals surface area contributed by atoms with Gasteiger partial charge in [0.1, 0.15) is 5.84 Å². The summed E-state index contributed by atoms with van der Waals surface area (Å²) >= 11 is 0. The van der Waals surface area contributed by atoms with Gasteiger partial charge in [-0.25, -0.2) is 4.98 Å². The zero-order valence-electron chi connectivity index (χ0n) is 11.5. The average molecular weight is 271 g/mol. The maximum Gasteiger partial charge on any atom is 0.220 e. The van der Waals surface area contributed by atoms with Gasteiger partial charge in [0.15, 0.2) is 11.5 Å². The van der Waals surface area contributed by atoms with Gasteiger partial charge < -0.3 is 15.2 Å². The minimum absolute atomic E-state index is 0.0153. The lowest BCUT2D eigenvalue weighted by atomic mass is 10.2. The van der Waals surface area contributed by atoms with E-state index in [4.69, 9.17) is 20.6 Å². The fourth-order valence-corrected chi connectivity index (χ4v) is 1.77. The standard InChI is InChI=1S/C15H17N3O2/c1-3-19-12-6-4-5-7-13(12)20-14-9-11(15(16)17)8-10(2)18-14/h4-9H,3H2,1-2H3,(H3,16,17). The fourth-order valence-electron chi connectivity index (χ4n) is 1.77. The smallest absolute Gasteiger partial charge is 0.220 e. The Morgan fingerprint density at radius 2 is 1.95 bits per heavy atom. The molecule has 0 saturated carbocycles. The number of nitrogens with one attached hydrogen (secondary N) is 1. The maximum atomic E-state index is 7.49. The molecular formula is C15H17N3O2. The van der Waals surface area contributed by atoms with Crippen LogP contribution in [0.4, 0.5) is 0 Å². The van der Waals surface area contributed by atoms with Crippen LogP contribution in [0.25, 0.3) is 0 Å². The van der Waals surface area contributed by atoms with Crippen LogP contribution in [0.2, 0.25) is 0 Å². The molecule has 1 heterocycles. The van der Waals surface area contributed by atoms with Crippen molar-refractivity contribution < 1.29 is 9.47 Å². The van der Waals surface area contributed by atoms with Crippen LogP contribution in [0, 0.1) is 12.3 Å². The summed E-state index contributed by atoms with van der Waals surface area (Å²) in [5.74, 6) is 1.62. The van der Waals surface area contributed by atoms with Crippen molar-refractivity contribution in [2.24, 2.45) is 5.73 Å². The second-order valence-electron chi connectivity index (χ2n) is 4.23. The lowest BCUT2D eigenvalue weighted by Gasteiger charge is -2.11. The van der Waals surface area contributed by atoms with E-state index in [1.54, 1.807) is 12.1 Å². The summed E-state index contributed by atoms with van der Waals surface area (Å²) < 4.78 is 11.2. The Morgan fingerprint density at radius 3 is 2.60 bits per heavy atom. The molecule has 5 heteroatoms. The normalized spacial score (nSPS) is 10.1. The Kier molecular flexibility index (Phi) is 4.20. The highest BCUT2D eigenvalue weighted by atomic mass is 16.5. The van der Waals surface area contributed by atoms with Crippen LogP contribution < -0.4 is 15.2 Å². The lowest BCUT2D eigenvalue weighted by Crippen LogP contribution is -2.11. The molecular weight excluding hydrogens is 254 g/mol. The molecule has 0 atom stereocenters. The predicted octanol–water partition coefficient (Wildman–Crippen LogP) is 2.87. The minimum Gasteiger partial charge on any atom is -0.490 e. The van der Waals surface area contributed by atoms with Gasteiger partial charge in [-0.1, -0.05) is 12.1 Å². The summed E-state index contributed by atoms with van der Waals surface area (Å²) in [4.78, 5) is 4.28. The number of nitrogen functional groups attached to an aromatic ring is 1. The third-order valence-corrected chi connectivity index (χ3v) is 2.60. The third kappa shape index (κ3) is 3.26. The van der Waals surface area contributed by atoms with E-state index in [1.807, 2.05) is 38.1 Å². The third-order valence-electron chi connectivity index (χ3n) is 2.60. The molecule has 0 saturated heterocycles. The monoisotopic (exact) mass is 271 g/mol. The van der Waals surface area contributed by atoms with E-state index >= 15 is 0 Å². The molecule has 5 nitrogen and oxygen atoms in total. The van der Waals surface area contributed by atoms with Crippen LogP contribution in [0.1, 0.15) is 18.2 Å². The topological polar surface area (TPSA) is 81.2 Å². The minimum atomic E-state index is -0.0153. The van der Waals surface area contributed by atoms with Gasteiger partial charge in [0.05, 0.1) is 6.61 Å². The van der Waals surface area contributed by atoms with Gasteiger partial charge in [-0.05, 0) is 32.0 Å². The first kappa shape index (κ1) is 13.9. The molecule has 0 bridgehead atoms. The SMILES string of the molecule is CCOc1ccccc1Oc1cc(C(=N)N)cc(C)n1. The van der Waals surface area contributed by atoms with Gasteiger partial charge in [-0.3, -0.25) is 5.41 Å². The molecule has 3 N–H and O–H groups in total. The van der Waals surface area contributed by atoms with Crippen LogP contribution in [-0.4, -0.2) is 17.4 Å². The van der Waals surface area contributed by atoms with E-state index in [1.165, 1.54) is 0 Å². The number of pyridine rings is 1. The summed E-state index contributed by atoms with van der Waals surface area (Å²) in [5.41, 5.74) is 6.82. The number of nitrogens with two attached hydrogens (primary N) is 1. The van der Waals surface area contributed by atoms with Gasteiger partial charge in [0.2, 0.25) is 5.88 Å². The zero-order chi connectivity index (χ0) is 14.5. The van der Waals surface area contributed by atoms with Gasteiger partial charge in [0.25, 0.3) is 0 Å². The molecule has 1 aromatic carbocycles. The van der Waals surface area contributed by atoms with Crippen molar-refractivity contribution in [3.8, 4) is 17.4 Å². The number of amidine groups is 1. The van der Waals surface area contributed by atoms with E-state index < -0.39 is 0 Å². The summed E-state index contributed by atoms with van der Waals surface area (Å²) in [6.45, 7) is 4.30. The van der Waals surface area contributed by atoms with Gasteiger partial charge in [-0.2, -0.15) is 0 Å². The molecule has 1 aromatic heterocycles. The van der Waals surface area contributed by atoms with E-state index in [9.17, 15) is 0 Å². The van der Waals surface area contributed by atoms with Gasteiger partial charge >= 0.3 is 0 Å². The first-order chi connectivity index (χ1) is 9.60. The number of aryl methyl sites for hydroxylation is 1. The molecule has 0 aliphatic carbocycles. The number of ether oxygens (including phenoxy) is 2. The van der Waals surface area contributed by atoms with E-state index in [0.29, 0.717) is 29.5 Å². The lowest BCUT2D eigenvalue weighted by molar-refractivity contribution is 0.319. The summed E-state index contributed by atoms with van der Waals surface area (Å²) in [5, 5.41) is 7.49. The van der Waals surface area contributed by atoms with Crippen molar-refractivity contribution in [1.29, 1.82) is 5.41 Å². The number of benzene rings is 1. The largest absolute Gasteiger partial charge is 0.490 e. The number of para-hydroxylation sites is 2. The highest BCUT2D eigenvalue weighted by Crippen LogP contribution is 2.30. The Balaban J connectivity index is 2.32. The molecule has 2 rings (SSSR count). The Bertz CT molecular complexity index is 626. The van der Waals surface area contributed by atoms with Crippen molar-refractivity contribution >= 4 is 5.84 Å². The molecule has 0 fully saturated rings. The number of hydrogen-bond donors (Lipinski definition) is 2. The van der Waals surface area contributed by atoms with Crippen molar-refractivity contribution in [2.75, 3.05) is 6.61 Å². The molecule has 0 amide bonds. The number of nitrogens with zero attached hydrogens (tertiary/aromatic N) is 1. The van der Waals surface area contributed by atoms with Crippen molar-refractivity contribution in [1.82, 2.24) is 4.98 Å². The Hall–Kier alpha value is -2.56. The molecule has 104 valence electrons. The number of aromatic nitrogens is 1. The van der Waals surface area contributed by atoms with E-state index in [-0.39, 0.29) is 5.84 Å². The second kappa shape index (κ2) is 6.06. The van der Waals surface area contributed by atoms with E-state index in [2.05, 4.69) is 4.98 Å². The fraction of sp³-hybridized carbons (Fsp3) is 0.200. The molecule has 0 aliphatic rings. The van der Waals surface area contributed by atoms with E-state index in [0.717, 1.165) is 5.69 Å². The van der Waals surface area contributed by atoms with Crippen LogP contribution >= 0.6 is 0 Å². The van der Waals surface area contributed by atoms with Crippen LogP contribution in [0.3, 0.4) is 0 Å². The highest BCUT2D eigenvalue weighted by molar-refractivity contribution is 5.95. The van der Waals surface area contributed by atoms with Crippen LogP contribution in [-0.2, 0) is 0 Å². The first-order valence-electron chi connectivity index (χ1n) is 6.33. The second-order valence-corrected chi connectivity index (χ2v) is 4.23. The van der Waals surface area contributed by atoms with Crippen LogP contribution in [0.15, 0.2) is 36.4 Å². The molecule has 20 heavy (non-hydrogen) atoms. The van der Waals surface area contributed by atoms with Crippen molar-refractivity contribution in [3.63, 3.8) is 0 Å². The summed E-state index contributed by atoms with van der Waals surface area (Å²) in [6.07, 6.45) is 0.